The van der Waals surface area contributed by atoms with Gasteiger partial charge in [0, 0.05) is 5.41 Å². The zero-order valence-electron chi connectivity index (χ0n) is 9.01. The van der Waals surface area contributed by atoms with Crippen molar-refractivity contribution in [3.05, 3.63) is 36.5 Å². The van der Waals surface area contributed by atoms with Crippen LogP contribution in [-0.4, -0.2) is 0 Å². The van der Waals surface area contributed by atoms with Crippen LogP contribution in [-0.2, 0) is 0 Å². The summed E-state index contributed by atoms with van der Waals surface area (Å²) in [5, 5.41) is 0. The predicted molar refractivity (Wildman–Crippen MR) is 59.6 cm³/mol. The monoisotopic (exact) mass is 176 g/mol. The first-order valence-corrected chi connectivity index (χ1v) is 5.14. The zero-order chi connectivity index (χ0) is 9.90. The van der Waals surface area contributed by atoms with Crippen molar-refractivity contribution in [3.8, 4) is 0 Å². The normalized spacial score (nSPS) is 29.6. The van der Waals surface area contributed by atoms with Gasteiger partial charge in [0.15, 0.2) is 0 Å². The Bertz CT molecular complexity index is 245. The molecule has 2 unspecified atom stereocenters. The molecule has 0 heteroatoms. The van der Waals surface area contributed by atoms with Crippen molar-refractivity contribution in [2.45, 2.75) is 33.6 Å². The maximum Gasteiger partial charge on any atom is 0.00679 e. The second kappa shape index (κ2) is 3.95. The van der Waals surface area contributed by atoms with Crippen molar-refractivity contribution >= 4 is 0 Å². The van der Waals surface area contributed by atoms with Crippen molar-refractivity contribution in [1.29, 1.82) is 0 Å². The summed E-state index contributed by atoms with van der Waals surface area (Å²) in [6.07, 6.45) is 11.3. The summed E-state index contributed by atoms with van der Waals surface area (Å²) in [5.74, 6) is 0.700. The van der Waals surface area contributed by atoms with Crippen molar-refractivity contribution in [2.24, 2.45) is 11.3 Å². The van der Waals surface area contributed by atoms with E-state index in [2.05, 4.69) is 45.6 Å². The van der Waals surface area contributed by atoms with E-state index in [1.54, 1.807) is 0 Å². The van der Waals surface area contributed by atoms with Gasteiger partial charge >= 0.3 is 0 Å². The van der Waals surface area contributed by atoms with E-state index in [0.29, 0.717) is 5.92 Å². The SMILES string of the molecule is C=CC1(C)C=CC(C(C)CC)=CC1. The van der Waals surface area contributed by atoms with Gasteiger partial charge in [-0.25, -0.2) is 0 Å². The molecule has 1 aliphatic rings. The second-order valence-corrected chi connectivity index (χ2v) is 4.26. The predicted octanol–water partition coefficient (Wildman–Crippen LogP) is 4.11. The van der Waals surface area contributed by atoms with Crippen LogP contribution in [0.3, 0.4) is 0 Å². The minimum atomic E-state index is 0.191. The molecule has 1 rings (SSSR count). The molecule has 13 heavy (non-hydrogen) atoms. The highest BCUT2D eigenvalue weighted by molar-refractivity contribution is 5.30. The molecule has 0 saturated carbocycles. The van der Waals surface area contributed by atoms with Gasteiger partial charge in [0.05, 0.1) is 0 Å². The third-order valence-corrected chi connectivity index (χ3v) is 3.08. The molecule has 0 aromatic carbocycles. The number of allylic oxidation sites excluding steroid dienone is 5. The summed E-state index contributed by atoms with van der Waals surface area (Å²) in [6, 6.07) is 0. The Kier molecular flexibility index (Phi) is 3.13. The minimum Gasteiger partial charge on any atom is -0.102 e. The molecule has 2 atom stereocenters. The van der Waals surface area contributed by atoms with Gasteiger partial charge < -0.3 is 0 Å². The van der Waals surface area contributed by atoms with E-state index >= 15 is 0 Å². The van der Waals surface area contributed by atoms with E-state index < -0.39 is 0 Å². The molecule has 0 saturated heterocycles. The first-order valence-electron chi connectivity index (χ1n) is 5.14. The van der Waals surface area contributed by atoms with Gasteiger partial charge in [-0.3, -0.25) is 0 Å². The van der Waals surface area contributed by atoms with E-state index in [0.717, 1.165) is 6.42 Å². The Hall–Kier alpha value is -0.780. The van der Waals surface area contributed by atoms with Gasteiger partial charge in [-0.05, 0) is 24.3 Å². The highest BCUT2D eigenvalue weighted by atomic mass is 14.2. The van der Waals surface area contributed by atoms with Crippen LogP contribution >= 0.6 is 0 Å². The Labute approximate surface area is 82.0 Å². The van der Waals surface area contributed by atoms with Crippen LogP contribution in [0.25, 0.3) is 0 Å². The lowest BCUT2D eigenvalue weighted by atomic mass is 9.80. The molecular weight excluding hydrogens is 156 g/mol. The Balaban J connectivity index is 2.70. The minimum absolute atomic E-state index is 0.191. The van der Waals surface area contributed by atoms with Crippen LogP contribution in [0.5, 0.6) is 0 Å². The van der Waals surface area contributed by atoms with E-state index in [9.17, 15) is 0 Å². The topological polar surface area (TPSA) is 0 Å². The van der Waals surface area contributed by atoms with Crippen LogP contribution in [0.4, 0.5) is 0 Å². The molecule has 0 bridgehead atoms. The summed E-state index contributed by atoms with van der Waals surface area (Å²) >= 11 is 0. The largest absolute Gasteiger partial charge is 0.102 e. The van der Waals surface area contributed by atoms with Crippen LogP contribution in [0.15, 0.2) is 36.5 Å². The van der Waals surface area contributed by atoms with Crippen LogP contribution < -0.4 is 0 Å². The lowest BCUT2D eigenvalue weighted by molar-refractivity contribution is 0.542. The van der Waals surface area contributed by atoms with E-state index in [4.69, 9.17) is 0 Å². The first kappa shape index (κ1) is 10.3. The van der Waals surface area contributed by atoms with E-state index in [-0.39, 0.29) is 5.41 Å². The molecule has 0 amide bonds. The molecule has 0 aromatic rings. The number of hydrogen-bond donors (Lipinski definition) is 0. The third kappa shape index (κ3) is 2.33. The molecule has 0 fully saturated rings. The second-order valence-electron chi connectivity index (χ2n) is 4.26. The van der Waals surface area contributed by atoms with Crippen molar-refractivity contribution in [2.75, 3.05) is 0 Å². The van der Waals surface area contributed by atoms with Crippen molar-refractivity contribution < 1.29 is 0 Å². The highest BCUT2D eigenvalue weighted by Gasteiger charge is 2.19. The fourth-order valence-corrected chi connectivity index (χ4v) is 1.51. The quantitative estimate of drug-likeness (QED) is 0.568. The van der Waals surface area contributed by atoms with Gasteiger partial charge in [0.25, 0.3) is 0 Å². The van der Waals surface area contributed by atoms with Crippen LogP contribution in [0, 0.1) is 11.3 Å². The standard InChI is InChI=1S/C13H20/c1-5-11(3)12-7-9-13(4,6-2)10-8-12/h6-9,11H,2,5,10H2,1,3-4H3. The average molecular weight is 176 g/mol. The average Bonchev–Trinajstić information content (AvgIpc) is 2.18. The van der Waals surface area contributed by atoms with E-state index in [1.807, 2.05) is 6.08 Å². The Morgan fingerprint density at radius 1 is 1.69 bits per heavy atom. The van der Waals surface area contributed by atoms with Crippen molar-refractivity contribution in [3.63, 3.8) is 0 Å². The zero-order valence-corrected chi connectivity index (χ0v) is 9.01. The van der Waals surface area contributed by atoms with Crippen molar-refractivity contribution in [1.82, 2.24) is 0 Å². The number of rotatable bonds is 3. The lowest BCUT2D eigenvalue weighted by Gasteiger charge is -2.25. The van der Waals surface area contributed by atoms with Crippen LogP contribution in [0.2, 0.25) is 0 Å². The first-order chi connectivity index (χ1) is 6.11. The summed E-state index contributed by atoms with van der Waals surface area (Å²) in [4.78, 5) is 0. The van der Waals surface area contributed by atoms with Gasteiger partial charge in [0.2, 0.25) is 0 Å². The fraction of sp³-hybridized carbons (Fsp3) is 0.538. The van der Waals surface area contributed by atoms with E-state index in [1.165, 1.54) is 12.0 Å². The van der Waals surface area contributed by atoms with Gasteiger partial charge in [-0.2, -0.15) is 0 Å². The molecular formula is C13H20. The lowest BCUT2D eigenvalue weighted by Crippen LogP contribution is -2.12. The summed E-state index contributed by atoms with van der Waals surface area (Å²) in [7, 11) is 0. The van der Waals surface area contributed by atoms with Gasteiger partial charge in [-0.1, -0.05) is 45.1 Å². The van der Waals surface area contributed by atoms with Crippen LogP contribution in [0.1, 0.15) is 33.6 Å². The Morgan fingerprint density at radius 3 is 2.77 bits per heavy atom. The van der Waals surface area contributed by atoms with Gasteiger partial charge in [0.1, 0.15) is 0 Å². The molecule has 0 aromatic heterocycles. The fourth-order valence-electron chi connectivity index (χ4n) is 1.51. The number of hydrogen-bond acceptors (Lipinski definition) is 0. The summed E-state index contributed by atoms with van der Waals surface area (Å²) in [5.41, 5.74) is 1.68. The summed E-state index contributed by atoms with van der Waals surface area (Å²) < 4.78 is 0. The maximum atomic E-state index is 3.87. The molecule has 1 aliphatic carbocycles. The molecule has 0 radical (unpaired) electrons. The van der Waals surface area contributed by atoms with Gasteiger partial charge in [-0.15, -0.1) is 6.58 Å². The molecule has 0 N–H and O–H groups in total. The molecule has 0 aliphatic heterocycles. The summed E-state index contributed by atoms with van der Waals surface area (Å²) in [6.45, 7) is 10.6. The molecule has 0 spiro atoms. The molecule has 72 valence electrons. The third-order valence-electron chi connectivity index (χ3n) is 3.08. The smallest absolute Gasteiger partial charge is 0.00679 e. The highest BCUT2D eigenvalue weighted by Crippen LogP contribution is 2.32. The Morgan fingerprint density at radius 2 is 2.38 bits per heavy atom. The molecule has 0 heterocycles. The maximum absolute atomic E-state index is 3.87. The molecule has 0 nitrogen and oxygen atoms in total.